The molecule has 0 aromatic carbocycles. The van der Waals surface area contributed by atoms with Crippen LogP contribution in [0.5, 0.6) is 0 Å². The minimum absolute atomic E-state index is 0.0276. The first kappa shape index (κ1) is 12.5. The summed E-state index contributed by atoms with van der Waals surface area (Å²) in [5, 5.41) is 8.61. The average molecular weight is 248 g/mol. The Labute approximate surface area is 98.3 Å². The highest BCUT2D eigenvalue weighted by atomic mass is 35.5. The summed E-state index contributed by atoms with van der Waals surface area (Å²) in [7, 11) is 1.74. The summed E-state index contributed by atoms with van der Waals surface area (Å²) in [5.74, 6) is -0.0276. The highest BCUT2D eigenvalue weighted by molar-refractivity contribution is 7.16. The number of halogens is 1. The van der Waals surface area contributed by atoms with Crippen molar-refractivity contribution in [1.29, 1.82) is 0 Å². The van der Waals surface area contributed by atoms with Gasteiger partial charge in [-0.05, 0) is 18.6 Å². The number of carbonyl (C=O) groups is 1. The molecule has 0 saturated heterocycles. The van der Waals surface area contributed by atoms with Crippen molar-refractivity contribution in [2.75, 3.05) is 20.2 Å². The highest BCUT2D eigenvalue weighted by Crippen LogP contribution is 2.21. The van der Waals surface area contributed by atoms with E-state index in [2.05, 4.69) is 0 Å². The van der Waals surface area contributed by atoms with E-state index in [-0.39, 0.29) is 18.9 Å². The van der Waals surface area contributed by atoms with Gasteiger partial charge in [0, 0.05) is 24.9 Å². The normalized spacial score (nSPS) is 10.3. The summed E-state index contributed by atoms with van der Waals surface area (Å²) in [6.07, 6.45) is 1.01. The summed E-state index contributed by atoms with van der Waals surface area (Å²) < 4.78 is 0.773. The van der Waals surface area contributed by atoms with Crippen molar-refractivity contribution < 1.29 is 9.90 Å². The van der Waals surface area contributed by atoms with E-state index in [0.717, 1.165) is 10.8 Å². The number of hydrogen-bond donors (Lipinski definition) is 1. The molecule has 0 radical (unpaired) electrons. The molecule has 0 spiro atoms. The number of nitrogens with zero attached hydrogens (tertiary/aromatic N) is 1. The molecule has 0 unspecified atom stereocenters. The van der Waals surface area contributed by atoms with Gasteiger partial charge in [0.2, 0.25) is 5.91 Å². The molecule has 1 aromatic rings. The molecule has 1 N–H and O–H groups in total. The molecule has 1 aromatic heterocycles. The molecular formula is C10H14ClNO2S. The monoisotopic (exact) mass is 247 g/mol. The summed E-state index contributed by atoms with van der Waals surface area (Å²) in [5.41, 5.74) is 0. The Hall–Kier alpha value is -0.580. The van der Waals surface area contributed by atoms with Crippen LogP contribution < -0.4 is 0 Å². The maximum atomic E-state index is 11.3. The SMILES string of the molecule is CN(CCc1ccc(Cl)s1)C(=O)CCO. The molecule has 0 fully saturated rings. The van der Waals surface area contributed by atoms with E-state index in [9.17, 15) is 4.79 Å². The van der Waals surface area contributed by atoms with Crippen LogP contribution in [0, 0.1) is 0 Å². The van der Waals surface area contributed by atoms with E-state index < -0.39 is 0 Å². The van der Waals surface area contributed by atoms with E-state index in [4.69, 9.17) is 16.7 Å². The second kappa shape index (κ2) is 6.10. The molecule has 1 amide bonds. The number of aliphatic hydroxyl groups excluding tert-OH is 1. The van der Waals surface area contributed by atoms with Gasteiger partial charge in [-0.2, -0.15) is 0 Å². The van der Waals surface area contributed by atoms with Crippen molar-refractivity contribution in [2.24, 2.45) is 0 Å². The predicted molar refractivity (Wildman–Crippen MR) is 62.4 cm³/mol. The Balaban J connectivity index is 2.33. The fraction of sp³-hybridized carbons (Fsp3) is 0.500. The zero-order valence-corrected chi connectivity index (χ0v) is 10.1. The molecule has 5 heteroatoms. The Morgan fingerprint density at radius 3 is 2.87 bits per heavy atom. The third kappa shape index (κ3) is 4.20. The Morgan fingerprint density at radius 1 is 1.60 bits per heavy atom. The number of amides is 1. The third-order valence-corrected chi connectivity index (χ3v) is 3.36. The van der Waals surface area contributed by atoms with Crippen molar-refractivity contribution >= 4 is 28.8 Å². The second-order valence-electron chi connectivity index (χ2n) is 3.24. The van der Waals surface area contributed by atoms with Crippen LogP contribution in [0.4, 0.5) is 0 Å². The van der Waals surface area contributed by atoms with Crippen molar-refractivity contribution in [1.82, 2.24) is 4.90 Å². The van der Waals surface area contributed by atoms with E-state index >= 15 is 0 Å². The number of carbonyl (C=O) groups excluding carboxylic acids is 1. The van der Waals surface area contributed by atoms with Crippen molar-refractivity contribution in [2.45, 2.75) is 12.8 Å². The maximum Gasteiger partial charge on any atom is 0.224 e. The molecular weight excluding hydrogens is 234 g/mol. The standard InChI is InChI=1S/C10H14ClNO2S/c1-12(10(14)5-7-13)6-4-8-2-3-9(11)15-8/h2-3,13H,4-7H2,1H3. The lowest BCUT2D eigenvalue weighted by atomic mass is 10.3. The van der Waals surface area contributed by atoms with Gasteiger partial charge in [0.15, 0.2) is 0 Å². The molecule has 0 bridgehead atoms. The van der Waals surface area contributed by atoms with Crippen LogP contribution in [0.25, 0.3) is 0 Å². The summed E-state index contributed by atoms with van der Waals surface area (Å²) in [6, 6.07) is 3.83. The van der Waals surface area contributed by atoms with Crippen LogP contribution in [-0.2, 0) is 11.2 Å². The summed E-state index contributed by atoms with van der Waals surface area (Å²) in [4.78, 5) is 14.1. The highest BCUT2D eigenvalue weighted by Gasteiger charge is 2.08. The lowest BCUT2D eigenvalue weighted by molar-refractivity contribution is -0.130. The molecule has 3 nitrogen and oxygen atoms in total. The summed E-state index contributed by atoms with van der Waals surface area (Å²) >= 11 is 7.33. The van der Waals surface area contributed by atoms with Crippen LogP contribution >= 0.6 is 22.9 Å². The van der Waals surface area contributed by atoms with Crippen molar-refractivity contribution in [3.8, 4) is 0 Å². The van der Waals surface area contributed by atoms with E-state index in [1.807, 2.05) is 12.1 Å². The molecule has 0 aliphatic carbocycles. The van der Waals surface area contributed by atoms with Crippen LogP contribution in [0.15, 0.2) is 12.1 Å². The fourth-order valence-electron chi connectivity index (χ4n) is 1.18. The first-order chi connectivity index (χ1) is 7.13. The average Bonchev–Trinajstić information content (AvgIpc) is 2.61. The first-order valence-corrected chi connectivity index (χ1v) is 5.92. The minimum atomic E-state index is -0.0893. The van der Waals surface area contributed by atoms with Gasteiger partial charge in [0.25, 0.3) is 0 Å². The fourth-order valence-corrected chi connectivity index (χ4v) is 2.25. The molecule has 1 rings (SSSR count). The summed E-state index contributed by atoms with van der Waals surface area (Å²) in [6.45, 7) is 0.573. The zero-order valence-electron chi connectivity index (χ0n) is 8.57. The van der Waals surface area contributed by atoms with Gasteiger partial charge in [-0.3, -0.25) is 4.79 Å². The molecule has 15 heavy (non-hydrogen) atoms. The largest absolute Gasteiger partial charge is 0.396 e. The smallest absolute Gasteiger partial charge is 0.224 e. The Kier molecular flexibility index (Phi) is 5.08. The number of rotatable bonds is 5. The third-order valence-electron chi connectivity index (χ3n) is 2.07. The van der Waals surface area contributed by atoms with Gasteiger partial charge < -0.3 is 10.0 Å². The van der Waals surface area contributed by atoms with Gasteiger partial charge in [0.1, 0.15) is 0 Å². The molecule has 0 atom stereocenters. The lowest BCUT2D eigenvalue weighted by Crippen LogP contribution is -2.29. The topological polar surface area (TPSA) is 40.5 Å². The molecule has 0 saturated carbocycles. The Morgan fingerprint density at radius 2 is 2.33 bits per heavy atom. The Bertz CT molecular complexity index is 327. The maximum absolute atomic E-state index is 11.3. The predicted octanol–water partition coefficient (Wildman–Crippen LogP) is 1.78. The minimum Gasteiger partial charge on any atom is -0.396 e. The van der Waals surface area contributed by atoms with E-state index in [0.29, 0.717) is 6.54 Å². The van der Waals surface area contributed by atoms with Gasteiger partial charge in [-0.25, -0.2) is 0 Å². The molecule has 0 aliphatic rings. The van der Waals surface area contributed by atoms with Crippen molar-refractivity contribution in [3.05, 3.63) is 21.3 Å². The van der Waals surface area contributed by atoms with Crippen LogP contribution in [-0.4, -0.2) is 36.1 Å². The zero-order chi connectivity index (χ0) is 11.3. The van der Waals surface area contributed by atoms with Crippen LogP contribution in [0.2, 0.25) is 4.34 Å². The number of thiophene rings is 1. The van der Waals surface area contributed by atoms with E-state index in [1.165, 1.54) is 16.2 Å². The quantitative estimate of drug-likeness (QED) is 0.862. The van der Waals surface area contributed by atoms with Crippen LogP contribution in [0.3, 0.4) is 0 Å². The number of likely N-dealkylation sites (N-methyl/N-ethyl adjacent to an activating group) is 1. The number of aliphatic hydroxyl groups is 1. The van der Waals surface area contributed by atoms with E-state index in [1.54, 1.807) is 11.9 Å². The van der Waals surface area contributed by atoms with Crippen molar-refractivity contribution in [3.63, 3.8) is 0 Å². The van der Waals surface area contributed by atoms with Gasteiger partial charge >= 0.3 is 0 Å². The lowest BCUT2D eigenvalue weighted by Gasteiger charge is -2.15. The first-order valence-electron chi connectivity index (χ1n) is 4.72. The van der Waals surface area contributed by atoms with Gasteiger partial charge in [-0.1, -0.05) is 11.6 Å². The number of hydrogen-bond acceptors (Lipinski definition) is 3. The molecule has 0 aliphatic heterocycles. The molecule has 1 heterocycles. The van der Waals surface area contributed by atoms with Gasteiger partial charge in [-0.15, -0.1) is 11.3 Å². The molecule has 84 valence electrons. The van der Waals surface area contributed by atoms with Gasteiger partial charge in [0.05, 0.1) is 10.9 Å². The second-order valence-corrected chi connectivity index (χ2v) is 5.04. The van der Waals surface area contributed by atoms with Crippen LogP contribution in [0.1, 0.15) is 11.3 Å².